The van der Waals surface area contributed by atoms with Crippen LogP contribution in [0.4, 0.5) is 22.1 Å². The van der Waals surface area contributed by atoms with Gasteiger partial charge in [0.1, 0.15) is 12.1 Å². The van der Waals surface area contributed by atoms with Crippen LogP contribution in [0.25, 0.3) is 22.3 Å². The van der Waals surface area contributed by atoms with Crippen molar-refractivity contribution in [1.82, 2.24) is 35.1 Å². The number of rotatable bonds is 6. The standard InChI is InChI=1S/C22H18FN9/c1-13(14-2-5-16(23)6-3-14)28-21-26-12-27-22(30-21)29-20-11-18(31-32-20)15-4-7-17-19(10-15)25-9-8-24-17/h2-13H,1H3,(H3,26,27,28,29,30,31,32)/t13-/m0/s1. The second kappa shape index (κ2) is 8.34. The molecule has 0 bridgehead atoms. The molecule has 158 valence electrons. The average molecular weight is 427 g/mol. The zero-order chi connectivity index (χ0) is 21.9. The summed E-state index contributed by atoms with van der Waals surface area (Å²) in [7, 11) is 0. The highest BCUT2D eigenvalue weighted by Gasteiger charge is 2.10. The molecule has 0 saturated heterocycles. The van der Waals surface area contributed by atoms with Crippen LogP contribution in [0.5, 0.6) is 0 Å². The Balaban J connectivity index is 1.30. The van der Waals surface area contributed by atoms with Crippen molar-refractivity contribution in [2.24, 2.45) is 0 Å². The molecule has 0 aliphatic heterocycles. The summed E-state index contributed by atoms with van der Waals surface area (Å²) in [6, 6.07) is 13.8. The van der Waals surface area contributed by atoms with Gasteiger partial charge in [0.25, 0.3) is 0 Å². The van der Waals surface area contributed by atoms with Gasteiger partial charge in [-0.3, -0.25) is 15.1 Å². The van der Waals surface area contributed by atoms with E-state index in [2.05, 4.69) is 45.8 Å². The van der Waals surface area contributed by atoms with E-state index in [4.69, 9.17) is 0 Å². The fraction of sp³-hybridized carbons (Fsp3) is 0.0909. The van der Waals surface area contributed by atoms with Crippen molar-refractivity contribution in [3.05, 3.63) is 78.6 Å². The summed E-state index contributed by atoms with van der Waals surface area (Å²) in [5.41, 5.74) is 4.30. The molecule has 0 aliphatic rings. The van der Waals surface area contributed by atoms with Crippen molar-refractivity contribution in [2.75, 3.05) is 10.6 Å². The van der Waals surface area contributed by atoms with Crippen molar-refractivity contribution in [2.45, 2.75) is 13.0 Å². The van der Waals surface area contributed by atoms with Gasteiger partial charge in [-0.2, -0.15) is 10.1 Å². The molecule has 0 fully saturated rings. The molecular formula is C22H18FN9. The first-order chi connectivity index (χ1) is 15.6. The zero-order valence-corrected chi connectivity index (χ0v) is 17.0. The number of aromatic nitrogens is 7. The number of benzene rings is 2. The largest absolute Gasteiger partial charge is 0.348 e. The number of aromatic amines is 1. The van der Waals surface area contributed by atoms with Gasteiger partial charge in [0.15, 0.2) is 5.82 Å². The van der Waals surface area contributed by atoms with E-state index in [1.165, 1.54) is 18.5 Å². The summed E-state index contributed by atoms with van der Waals surface area (Å²) in [5.74, 6) is 1.02. The molecule has 3 aromatic heterocycles. The van der Waals surface area contributed by atoms with E-state index in [1.807, 2.05) is 31.2 Å². The number of nitrogens with one attached hydrogen (secondary N) is 3. The Morgan fingerprint density at radius 2 is 1.66 bits per heavy atom. The average Bonchev–Trinajstić information content (AvgIpc) is 3.28. The van der Waals surface area contributed by atoms with Crippen LogP contribution in [0.1, 0.15) is 18.5 Å². The van der Waals surface area contributed by atoms with E-state index >= 15 is 0 Å². The first-order valence-corrected chi connectivity index (χ1v) is 9.89. The third kappa shape index (κ3) is 4.19. The van der Waals surface area contributed by atoms with E-state index in [0.29, 0.717) is 17.7 Å². The lowest BCUT2D eigenvalue weighted by Gasteiger charge is -2.14. The van der Waals surface area contributed by atoms with Gasteiger partial charge in [-0.1, -0.05) is 18.2 Å². The topological polar surface area (TPSA) is 117 Å². The fourth-order valence-corrected chi connectivity index (χ4v) is 3.23. The number of H-pyrrole nitrogens is 1. The Hall–Kier alpha value is -4.47. The third-order valence-corrected chi connectivity index (χ3v) is 4.89. The molecule has 0 unspecified atom stereocenters. The highest BCUT2D eigenvalue weighted by Crippen LogP contribution is 2.24. The maximum atomic E-state index is 13.1. The van der Waals surface area contributed by atoms with E-state index in [9.17, 15) is 4.39 Å². The molecule has 0 saturated carbocycles. The second-order valence-corrected chi connectivity index (χ2v) is 7.10. The highest BCUT2D eigenvalue weighted by molar-refractivity contribution is 5.80. The minimum Gasteiger partial charge on any atom is -0.348 e. The molecule has 32 heavy (non-hydrogen) atoms. The van der Waals surface area contributed by atoms with Gasteiger partial charge in [-0.05, 0) is 36.8 Å². The molecule has 0 radical (unpaired) electrons. The van der Waals surface area contributed by atoms with Crippen LogP contribution in [0.15, 0.2) is 67.3 Å². The number of hydrogen-bond donors (Lipinski definition) is 3. The van der Waals surface area contributed by atoms with Crippen LogP contribution in [-0.4, -0.2) is 35.1 Å². The predicted octanol–water partition coefficient (Wildman–Crippen LogP) is 4.26. The normalized spacial score (nSPS) is 11.9. The van der Waals surface area contributed by atoms with Gasteiger partial charge < -0.3 is 10.6 Å². The Bertz CT molecular complexity index is 1370. The van der Waals surface area contributed by atoms with Gasteiger partial charge in [-0.25, -0.2) is 14.4 Å². The number of fused-ring (bicyclic) bond motifs is 1. The lowest BCUT2D eigenvalue weighted by molar-refractivity contribution is 0.626. The first-order valence-electron chi connectivity index (χ1n) is 9.89. The van der Waals surface area contributed by atoms with Gasteiger partial charge in [0, 0.05) is 24.0 Å². The molecule has 9 nitrogen and oxygen atoms in total. The van der Waals surface area contributed by atoms with Crippen LogP contribution < -0.4 is 10.6 Å². The van der Waals surface area contributed by atoms with Crippen LogP contribution in [0.3, 0.4) is 0 Å². The summed E-state index contributed by atoms with van der Waals surface area (Å²) in [4.78, 5) is 21.3. The number of anilines is 3. The first kappa shape index (κ1) is 19.5. The molecule has 5 rings (SSSR count). The summed E-state index contributed by atoms with van der Waals surface area (Å²) >= 11 is 0. The maximum absolute atomic E-state index is 13.1. The van der Waals surface area contributed by atoms with Gasteiger partial charge >= 0.3 is 0 Å². The van der Waals surface area contributed by atoms with Crippen molar-refractivity contribution in [3.8, 4) is 11.3 Å². The summed E-state index contributed by atoms with van der Waals surface area (Å²) in [5, 5.41) is 13.5. The van der Waals surface area contributed by atoms with Gasteiger partial charge in [-0.15, -0.1) is 0 Å². The quantitative estimate of drug-likeness (QED) is 0.368. The van der Waals surface area contributed by atoms with Crippen molar-refractivity contribution >= 4 is 28.7 Å². The van der Waals surface area contributed by atoms with Crippen molar-refractivity contribution in [3.63, 3.8) is 0 Å². The highest BCUT2D eigenvalue weighted by atomic mass is 19.1. The van der Waals surface area contributed by atoms with E-state index in [0.717, 1.165) is 27.9 Å². The number of nitrogens with zero attached hydrogens (tertiary/aromatic N) is 6. The molecule has 0 spiro atoms. The monoisotopic (exact) mass is 427 g/mol. The molecule has 3 heterocycles. The predicted molar refractivity (Wildman–Crippen MR) is 119 cm³/mol. The molecule has 3 N–H and O–H groups in total. The Morgan fingerprint density at radius 1 is 0.875 bits per heavy atom. The minimum atomic E-state index is -0.275. The lowest BCUT2D eigenvalue weighted by Crippen LogP contribution is -2.11. The molecule has 0 amide bonds. The zero-order valence-electron chi connectivity index (χ0n) is 17.0. The van der Waals surface area contributed by atoms with Crippen LogP contribution in [0.2, 0.25) is 0 Å². The summed E-state index contributed by atoms with van der Waals surface area (Å²) < 4.78 is 13.1. The van der Waals surface area contributed by atoms with Crippen LogP contribution >= 0.6 is 0 Å². The van der Waals surface area contributed by atoms with Crippen molar-refractivity contribution in [1.29, 1.82) is 0 Å². The lowest BCUT2D eigenvalue weighted by atomic mass is 10.1. The minimum absolute atomic E-state index is 0.112. The van der Waals surface area contributed by atoms with Gasteiger partial charge in [0.2, 0.25) is 11.9 Å². The van der Waals surface area contributed by atoms with E-state index in [-0.39, 0.29) is 11.9 Å². The van der Waals surface area contributed by atoms with Crippen LogP contribution in [0, 0.1) is 5.82 Å². The molecule has 1 atom stereocenters. The van der Waals surface area contributed by atoms with E-state index in [1.54, 1.807) is 24.5 Å². The molecular weight excluding hydrogens is 409 g/mol. The Morgan fingerprint density at radius 3 is 2.50 bits per heavy atom. The van der Waals surface area contributed by atoms with Crippen molar-refractivity contribution < 1.29 is 4.39 Å². The smallest absolute Gasteiger partial charge is 0.233 e. The third-order valence-electron chi connectivity index (χ3n) is 4.89. The van der Waals surface area contributed by atoms with Crippen LogP contribution in [-0.2, 0) is 0 Å². The number of hydrogen-bond acceptors (Lipinski definition) is 8. The van der Waals surface area contributed by atoms with Gasteiger partial charge in [0.05, 0.1) is 22.8 Å². The molecule has 2 aromatic carbocycles. The second-order valence-electron chi connectivity index (χ2n) is 7.10. The number of halogens is 1. The fourth-order valence-electron chi connectivity index (χ4n) is 3.23. The molecule has 5 aromatic rings. The summed E-state index contributed by atoms with van der Waals surface area (Å²) in [6.07, 6.45) is 4.73. The molecule has 10 heteroatoms. The molecule has 0 aliphatic carbocycles. The summed E-state index contributed by atoms with van der Waals surface area (Å²) in [6.45, 7) is 1.94. The Labute approximate surface area is 182 Å². The van der Waals surface area contributed by atoms with E-state index < -0.39 is 0 Å². The Kier molecular flexibility index (Phi) is 5.08. The SMILES string of the molecule is C[C@H](Nc1ncnc(Nc2cc(-c3ccc4nccnc4c3)[nH]n2)n1)c1ccc(F)cc1. The maximum Gasteiger partial charge on any atom is 0.233 e.